The van der Waals surface area contributed by atoms with Crippen molar-refractivity contribution in [2.24, 2.45) is 10.9 Å². The molecule has 8 heteroatoms. The van der Waals surface area contributed by atoms with Gasteiger partial charge in [-0.3, -0.25) is 5.32 Å². The Bertz CT molecular complexity index is 848. The minimum atomic E-state index is -0.234. The topological polar surface area (TPSA) is 46.5 Å². The zero-order valence-electron chi connectivity index (χ0n) is 13.2. The molecule has 4 aliphatic heterocycles. The first kappa shape index (κ1) is 15.0. The van der Waals surface area contributed by atoms with E-state index in [-0.39, 0.29) is 5.60 Å². The van der Waals surface area contributed by atoms with Gasteiger partial charge >= 0.3 is 0 Å². The summed E-state index contributed by atoms with van der Waals surface area (Å²) in [4.78, 5) is 9.16. The lowest BCUT2D eigenvalue weighted by molar-refractivity contribution is -0.845. The van der Waals surface area contributed by atoms with E-state index in [4.69, 9.17) is 24.3 Å². The van der Waals surface area contributed by atoms with E-state index in [0.717, 1.165) is 47.8 Å². The van der Waals surface area contributed by atoms with Crippen LogP contribution in [0.2, 0.25) is 5.02 Å². The van der Waals surface area contributed by atoms with Crippen LogP contribution < -0.4 is 5.32 Å². The number of anilines is 1. The second kappa shape index (κ2) is 5.10. The van der Waals surface area contributed by atoms with Crippen LogP contribution in [0.5, 0.6) is 0 Å². The summed E-state index contributed by atoms with van der Waals surface area (Å²) in [5.74, 6) is 0.550. The number of thiazole rings is 1. The van der Waals surface area contributed by atoms with Gasteiger partial charge in [-0.15, -0.1) is 0 Å². The van der Waals surface area contributed by atoms with Gasteiger partial charge in [0.25, 0.3) is 6.02 Å². The van der Waals surface area contributed by atoms with E-state index in [2.05, 4.69) is 15.3 Å². The molecule has 0 amide bonds. The first-order valence-corrected chi connectivity index (χ1v) is 9.45. The van der Waals surface area contributed by atoms with Gasteiger partial charge in [0, 0.05) is 19.0 Å². The number of aromatic nitrogens is 1. The lowest BCUT2D eigenvalue weighted by Crippen LogP contribution is -2.69. The van der Waals surface area contributed by atoms with Gasteiger partial charge < -0.3 is 9.13 Å². The van der Waals surface area contributed by atoms with E-state index >= 15 is 0 Å². The summed E-state index contributed by atoms with van der Waals surface area (Å²) < 4.78 is 7.97. The maximum absolute atomic E-state index is 6.48. The molecule has 3 fully saturated rings. The Kier molecular flexibility index (Phi) is 3.18. The molecule has 0 aliphatic carbocycles. The largest absolute Gasteiger partial charge is 0.585 e. The van der Waals surface area contributed by atoms with E-state index in [0.29, 0.717) is 27.9 Å². The highest BCUT2D eigenvalue weighted by Gasteiger charge is 2.54. The first-order valence-electron chi connectivity index (χ1n) is 8.26. The molecule has 2 aromatic rings. The molecule has 4 aliphatic rings. The van der Waals surface area contributed by atoms with Crippen LogP contribution in [-0.2, 0) is 4.74 Å². The van der Waals surface area contributed by atoms with Crippen molar-refractivity contribution in [3.05, 3.63) is 23.2 Å². The third kappa shape index (κ3) is 2.25. The van der Waals surface area contributed by atoms with Crippen LogP contribution in [0.3, 0.4) is 0 Å². The molecule has 5 heterocycles. The third-order valence-electron chi connectivity index (χ3n) is 5.55. The van der Waals surface area contributed by atoms with E-state index in [1.54, 1.807) is 11.3 Å². The van der Waals surface area contributed by atoms with Crippen LogP contribution >= 0.6 is 22.9 Å². The maximum Gasteiger partial charge on any atom is 0.292 e. The number of piperidine rings is 3. The van der Waals surface area contributed by atoms with Crippen LogP contribution in [0, 0.1) is 5.92 Å². The number of quaternary nitrogens is 1. The zero-order chi connectivity index (χ0) is 16.4. The van der Waals surface area contributed by atoms with Crippen LogP contribution in [0.25, 0.3) is 10.2 Å². The number of amidine groups is 1. The Morgan fingerprint density at radius 3 is 2.96 bits per heavy atom. The molecule has 2 bridgehead atoms. The SMILES string of the molecule is [B-][N+]12CCC(CC1)C1(CN=C(Nc3nc4c(Cl)cccc4s3)O1)C2. The maximum atomic E-state index is 6.48. The molecule has 6 rings (SSSR count). The van der Waals surface area contributed by atoms with E-state index in [1.165, 1.54) is 0 Å². The minimum absolute atomic E-state index is 0.234. The van der Waals surface area contributed by atoms with Crippen molar-refractivity contribution in [2.45, 2.75) is 18.4 Å². The van der Waals surface area contributed by atoms with Crippen LogP contribution in [0.1, 0.15) is 12.8 Å². The molecule has 3 radical (unpaired) electrons. The first-order chi connectivity index (χ1) is 11.6. The molecule has 1 aromatic carbocycles. The molecule has 24 heavy (non-hydrogen) atoms. The Balaban J connectivity index is 1.36. The van der Waals surface area contributed by atoms with Gasteiger partial charge in [0.05, 0.1) is 22.8 Å². The number of fused-ring (bicyclic) bond motifs is 3. The summed E-state index contributed by atoms with van der Waals surface area (Å²) in [6, 6.07) is 6.36. The number of para-hydroxylation sites is 1. The van der Waals surface area contributed by atoms with Crippen molar-refractivity contribution in [1.29, 1.82) is 0 Å². The average molecular weight is 360 g/mol. The Morgan fingerprint density at radius 2 is 2.21 bits per heavy atom. The molecule has 3 saturated heterocycles. The lowest BCUT2D eigenvalue weighted by atomic mass is 9.72. The quantitative estimate of drug-likeness (QED) is 0.797. The highest BCUT2D eigenvalue weighted by molar-refractivity contribution is 7.22. The lowest BCUT2D eigenvalue weighted by Gasteiger charge is -2.64. The Morgan fingerprint density at radius 1 is 1.38 bits per heavy atom. The molecular formula is C16H17BClN4OS. The monoisotopic (exact) mass is 359 g/mol. The summed E-state index contributed by atoms with van der Waals surface area (Å²) in [6.45, 7) is 3.63. The van der Waals surface area contributed by atoms with E-state index in [1.807, 2.05) is 18.2 Å². The smallest absolute Gasteiger partial charge is 0.292 e. The molecule has 1 atom stereocenters. The number of nitrogens with zero attached hydrogens (tertiary/aromatic N) is 3. The Hall–Kier alpha value is -1.31. The normalized spacial score (nSPS) is 34.6. The molecule has 0 saturated carbocycles. The minimum Gasteiger partial charge on any atom is -0.585 e. The predicted molar refractivity (Wildman–Crippen MR) is 97.7 cm³/mol. The van der Waals surface area contributed by atoms with Gasteiger partial charge in [-0.1, -0.05) is 29.0 Å². The average Bonchev–Trinajstić information content (AvgIpc) is 3.13. The number of hydrogen-bond acceptors (Lipinski definition) is 5. The summed E-state index contributed by atoms with van der Waals surface area (Å²) in [6.07, 6.45) is 2.24. The van der Waals surface area contributed by atoms with Gasteiger partial charge in [0.2, 0.25) is 0 Å². The van der Waals surface area contributed by atoms with Gasteiger partial charge in [0.15, 0.2) is 10.7 Å². The number of halogens is 1. The second-order valence-electron chi connectivity index (χ2n) is 7.12. The van der Waals surface area contributed by atoms with Crippen molar-refractivity contribution in [1.82, 2.24) is 4.98 Å². The molecule has 5 nitrogen and oxygen atoms in total. The fourth-order valence-corrected chi connectivity index (χ4v) is 5.47. The predicted octanol–water partition coefficient (Wildman–Crippen LogP) is 2.81. The number of benzene rings is 1. The van der Waals surface area contributed by atoms with Crippen LogP contribution in [-0.4, -0.2) is 55.2 Å². The van der Waals surface area contributed by atoms with Gasteiger partial charge in [-0.25, -0.2) is 18.0 Å². The summed E-state index contributed by atoms with van der Waals surface area (Å²) in [5.41, 5.74) is 0.580. The molecular weight excluding hydrogens is 343 g/mol. The molecule has 1 unspecified atom stereocenters. The number of aliphatic imine (C=N–C) groups is 1. The molecule has 1 spiro atoms. The standard InChI is InChI=1S/C16H17BClN4OS/c17-22-6-4-10(5-7-22)16(9-22)8-19-14(23-16)21-15-20-13-11(18)2-1-3-12(13)24-15/h1-3,10H,4-9H2,(H,19,20,21). The fraction of sp³-hybridized carbons (Fsp3) is 0.500. The van der Waals surface area contributed by atoms with Crippen molar-refractivity contribution in [2.75, 3.05) is 31.5 Å². The van der Waals surface area contributed by atoms with Crippen molar-refractivity contribution in [3.63, 3.8) is 0 Å². The summed E-state index contributed by atoms with van der Waals surface area (Å²) in [5, 5.41) is 4.65. The van der Waals surface area contributed by atoms with Crippen LogP contribution in [0.15, 0.2) is 23.2 Å². The number of hydrogen-bond donors (Lipinski definition) is 1. The van der Waals surface area contributed by atoms with E-state index < -0.39 is 0 Å². The fourth-order valence-electron chi connectivity index (χ4n) is 4.31. The summed E-state index contributed by atoms with van der Waals surface area (Å²) >= 11 is 7.75. The second-order valence-corrected chi connectivity index (χ2v) is 8.55. The van der Waals surface area contributed by atoms with E-state index in [9.17, 15) is 0 Å². The van der Waals surface area contributed by atoms with Gasteiger partial charge in [-0.05, 0) is 25.0 Å². The summed E-state index contributed by atoms with van der Waals surface area (Å²) in [7, 11) is 6.48. The number of nitrogens with one attached hydrogen (secondary N) is 1. The highest BCUT2D eigenvalue weighted by Crippen LogP contribution is 2.43. The van der Waals surface area contributed by atoms with Crippen LogP contribution in [0.4, 0.5) is 5.13 Å². The Labute approximate surface area is 150 Å². The molecule has 1 N–H and O–H groups in total. The molecule has 1 aromatic heterocycles. The third-order valence-corrected chi connectivity index (χ3v) is 6.79. The van der Waals surface area contributed by atoms with Crippen molar-refractivity contribution >= 4 is 52.3 Å². The van der Waals surface area contributed by atoms with Crippen molar-refractivity contribution in [3.8, 4) is 0 Å². The molecule has 123 valence electrons. The van der Waals surface area contributed by atoms with Gasteiger partial charge in [-0.2, -0.15) is 0 Å². The van der Waals surface area contributed by atoms with Gasteiger partial charge in [0.1, 0.15) is 5.52 Å². The number of ether oxygens (including phenoxy) is 1. The number of rotatable bonds is 1. The highest BCUT2D eigenvalue weighted by atomic mass is 35.5. The van der Waals surface area contributed by atoms with Crippen molar-refractivity contribution < 1.29 is 9.13 Å². The zero-order valence-corrected chi connectivity index (χ0v) is 14.7.